The van der Waals surface area contributed by atoms with Gasteiger partial charge in [-0.05, 0) is 60.8 Å². The van der Waals surface area contributed by atoms with Crippen molar-refractivity contribution in [3.8, 4) is 0 Å². The number of H-pyrrole nitrogens is 1. The third-order valence-electron chi connectivity index (χ3n) is 4.37. The molecule has 1 aliphatic heterocycles. The van der Waals surface area contributed by atoms with Crippen molar-refractivity contribution in [2.45, 2.75) is 25.9 Å². The molecule has 0 unspecified atom stereocenters. The first-order valence-corrected chi connectivity index (χ1v) is 9.34. The summed E-state index contributed by atoms with van der Waals surface area (Å²) in [6.07, 6.45) is 1.83. The highest BCUT2D eigenvalue weighted by molar-refractivity contribution is 14.1. The van der Waals surface area contributed by atoms with Crippen molar-refractivity contribution in [3.05, 3.63) is 50.6 Å². The molecular formula is C17H21IN4OS. The van der Waals surface area contributed by atoms with Crippen molar-refractivity contribution in [1.82, 2.24) is 20.2 Å². The smallest absolute Gasteiger partial charge is 0.170 e. The summed E-state index contributed by atoms with van der Waals surface area (Å²) in [6.45, 7) is 5.60. The van der Waals surface area contributed by atoms with Gasteiger partial charge < -0.3 is 19.9 Å². The van der Waals surface area contributed by atoms with Gasteiger partial charge in [-0.3, -0.25) is 4.98 Å². The van der Waals surface area contributed by atoms with Crippen LogP contribution in [-0.2, 0) is 4.74 Å². The van der Waals surface area contributed by atoms with Crippen molar-refractivity contribution in [2.75, 3.05) is 20.3 Å². The molecule has 7 heteroatoms. The number of hydrogen-bond donors (Lipinski definition) is 2. The summed E-state index contributed by atoms with van der Waals surface area (Å²) in [5.41, 5.74) is 4.65. The van der Waals surface area contributed by atoms with Crippen LogP contribution in [0.1, 0.15) is 34.7 Å². The summed E-state index contributed by atoms with van der Waals surface area (Å²) in [5, 5.41) is 4.22. The Hall–Kier alpha value is -1.19. The molecule has 0 bridgehead atoms. The van der Waals surface area contributed by atoms with Gasteiger partial charge in [-0.2, -0.15) is 0 Å². The molecule has 0 saturated carbocycles. The molecule has 0 amide bonds. The second kappa shape index (κ2) is 7.37. The van der Waals surface area contributed by atoms with Crippen LogP contribution >= 0.6 is 34.8 Å². The summed E-state index contributed by atoms with van der Waals surface area (Å²) in [5.74, 6) is 0. The first-order chi connectivity index (χ1) is 11.5. The number of aromatic amines is 1. The number of aryl methyl sites for hydroxylation is 2. The van der Waals surface area contributed by atoms with Gasteiger partial charge >= 0.3 is 0 Å². The molecule has 1 aliphatic rings. The summed E-state index contributed by atoms with van der Waals surface area (Å²) in [4.78, 5) is 10.2. The van der Waals surface area contributed by atoms with Gasteiger partial charge in [0.15, 0.2) is 5.11 Å². The zero-order chi connectivity index (χ0) is 17.3. The van der Waals surface area contributed by atoms with E-state index in [2.05, 4.69) is 62.7 Å². The SMILES string of the molecule is COCCN1C(=S)N[C@H](c2ccccn2)[C@@H]1c1c(C)[nH]c(C)c1I. The number of rotatable bonds is 5. The fourth-order valence-corrected chi connectivity index (χ4v) is 4.46. The first kappa shape index (κ1) is 17.6. The lowest BCUT2D eigenvalue weighted by molar-refractivity contribution is 0.164. The second-order valence-electron chi connectivity index (χ2n) is 5.92. The number of halogens is 1. The van der Waals surface area contributed by atoms with E-state index in [1.807, 2.05) is 18.3 Å². The Balaban J connectivity index is 2.07. The lowest BCUT2D eigenvalue weighted by Gasteiger charge is -2.28. The molecule has 0 aromatic carbocycles. The van der Waals surface area contributed by atoms with Crippen LogP contribution < -0.4 is 5.32 Å². The van der Waals surface area contributed by atoms with Gasteiger partial charge in [0.05, 0.1) is 24.4 Å². The topological polar surface area (TPSA) is 53.2 Å². The molecule has 128 valence electrons. The van der Waals surface area contributed by atoms with E-state index in [9.17, 15) is 0 Å². The van der Waals surface area contributed by atoms with Crippen LogP contribution in [0.3, 0.4) is 0 Å². The quantitative estimate of drug-likeness (QED) is 0.535. The van der Waals surface area contributed by atoms with E-state index in [1.54, 1.807) is 7.11 Å². The monoisotopic (exact) mass is 456 g/mol. The predicted molar refractivity (Wildman–Crippen MR) is 107 cm³/mol. The maximum Gasteiger partial charge on any atom is 0.170 e. The highest BCUT2D eigenvalue weighted by Crippen LogP contribution is 2.42. The fourth-order valence-electron chi connectivity index (χ4n) is 3.27. The molecule has 0 spiro atoms. The predicted octanol–water partition coefficient (Wildman–Crippen LogP) is 3.25. The van der Waals surface area contributed by atoms with Crippen LogP contribution in [0, 0.1) is 17.4 Å². The van der Waals surface area contributed by atoms with E-state index in [1.165, 1.54) is 20.5 Å². The Morgan fingerprint density at radius 2 is 2.12 bits per heavy atom. The van der Waals surface area contributed by atoms with Crippen molar-refractivity contribution in [2.24, 2.45) is 0 Å². The number of pyridine rings is 1. The minimum Gasteiger partial charge on any atom is -0.383 e. The van der Waals surface area contributed by atoms with E-state index in [0.717, 1.165) is 17.4 Å². The van der Waals surface area contributed by atoms with Gasteiger partial charge in [-0.1, -0.05) is 6.07 Å². The molecule has 2 atom stereocenters. The Bertz CT molecular complexity index is 734. The molecule has 2 aromatic heterocycles. The zero-order valence-corrected chi connectivity index (χ0v) is 16.9. The normalized spacial score (nSPS) is 20.5. The van der Waals surface area contributed by atoms with Gasteiger partial charge in [-0.15, -0.1) is 0 Å². The number of nitrogens with one attached hydrogen (secondary N) is 2. The fraction of sp³-hybridized carbons (Fsp3) is 0.412. The molecule has 2 aromatic rings. The number of hydrogen-bond acceptors (Lipinski definition) is 3. The van der Waals surface area contributed by atoms with Crippen LogP contribution in [-0.4, -0.2) is 40.2 Å². The highest BCUT2D eigenvalue weighted by atomic mass is 127. The average Bonchev–Trinajstić information content (AvgIpc) is 3.02. The minimum absolute atomic E-state index is 0.0259. The summed E-state index contributed by atoms with van der Waals surface area (Å²) in [7, 11) is 1.72. The van der Waals surface area contributed by atoms with Gasteiger partial charge in [0.25, 0.3) is 0 Å². The van der Waals surface area contributed by atoms with E-state index in [0.29, 0.717) is 6.61 Å². The Morgan fingerprint density at radius 1 is 1.33 bits per heavy atom. The van der Waals surface area contributed by atoms with Gasteiger partial charge in [-0.25, -0.2) is 0 Å². The van der Waals surface area contributed by atoms with E-state index in [4.69, 9.17) is 17.0 Å². The molecule has 24 heavy (non-hydrogen) atoms. The maximum atomic E-state index is 5.62. The lowest BCUT2D eigenvalue weighted by atomic mass is 9.97. The van der Waals surface area contributed by atoms with E-state index < -0.39 is 0 Å². The van der Waals surface area contributed by atoms with Crippen molar-refractivity contribution < 1.29 is 4.74 Å². The van der Waals surface area contributed by atoms with Crippen LogP contribution in [0.4, 0.5) is 0 Å². The molecular weight excluding hydrogens is 435 g/mol. The largest absolute Gasteiger partial charge is 0.383 e. The van der Waals surface area contributed by atoms with Gasteiger partial charge in [0.1, 0.15) is 0 Å². The van der Waals surface area contributed by atoms with Crippen LogP contribution in [0.15, 0.2) is 24.4 Å². The third-order valence-corrected chi connectivity index (χ3v) is 6.12. The van der Waals surface area contributed by atoms with E-state index in [-0.39, 0.29) is 12.1 Å². The van der Waals surface area contributed by atoms with Crippen molar-refractivity contribution in [1.29, 1.82) is 0 Å². The third kappa shape index (κ3) is 3.16. The first-order valence-electron chi connectivity index (χ1n) is 7.86. The second-order valence-corrected chi connectivity index (χ2v) is 7.38. The molecule has 3 rings (SSSR count). The molecule has 0 aliphatic carbocycles. The number of aromatic nitrogens is 2. The lowest BCUT2D eigenvalue weighted by Crippen LogP contribution is -2.33. The Labute approximate surface area is 161 Å². The standard InChI is InChI=1S/C17H21IN4OS/c1-10-13(14(18)11(2)20-10)16-15(12-6-4-5-7-19-12)21-17(24)22(16)8-9-23-3/h4-7,15-16,20H,8-9H2,1-3H3,(H,21,24)/t15-,16+/m1/s1. The molecule has 3 heterocycles. The number of methoxy groups -OCH3 is 1. The summed E-state index contributed by atoms with van der Waals surface area (Å²) >= 11 is 8.04. The molecule has 1 saturated heterocycles. The number of thiocarbonyl (C=S) groups is 1. The molecule has 5 nitrogen and oxygen atoms in total. The number of nitrogens with zero attached hydrogens (tertiary/aromatic N) is 2. The van der Waals surface area contributed by atoms with Crippen LogP contribution in [0.25, 0.3) is 0 Å². The van der Waals surface area contributed by atoms with E-state index >= 15 is 0 Å². The Morgan fingerprint density at radius 3 is 2.71 bits per heavy atom. The average molecular weight is 456 g/mol. The van der Waals surface area contributed by atoms with Gasteiger partial charge in [0, 0.05) is 40.4 Å². The van der Waals surface area contributed by atoms with Crippen LogP contribution in [0.5, 0.6) is 0 Å². The van der Waals surface area contributed by atoms with Crippen molar-refractivity contribution in [3.63, 3.8) is 0 Å². The summed E-state index contributed by atoms with van der Waals surface area (Å²) in [6, 6.07) is 6.12. The molecule has 1 fully saturated rings. The van der Waals surface area contributed by atoms with Crippen molar-refractivity contribution >= 4 is 39.9 Å². The number of ether oxygens (including phenoxy) is 1. The summed E-state index contributed by atoms with van der Waals surface area (Å²) < 4.78 is 6.54. The van der Waals surface area contributed by atoms with Gasteiger partial charge in [0.2, 0.25) is 0 Å². The zero-order valence-electron chi connectivity index (χ0n) is 14.0. The molecule has 0 radical (unpaired) electrons. The molecule has 2 N–H and O–H groups in total. The maximum absolute atomic E-state index is 5.62. The minimum atomic E-state index is 0.0259. The highest BCUT2D eigenvalue weighted by Gasteiger charge is 2.41. The van der Waals surface area contributed by atoms with Crippen LogP contribution in [0.2, 0.25) is 0 Å². The Kier molecular flexibility index (Phi) is 5.41.